The summed E-state index contributed by atoms with van der Waals surface area (Å²) < 4.78 is 14.1. The van der Waals surface area contributed by atoms with Crippen molar-refractivity contribution in [3.63, 3.8) is 0 Å². The van der Waals surface area contributed by atoms with Gasteiger partial charge in [0.1, 0.15) is 5.82 Å². The van der Waals surface area contributed by atoms with Crippen LogP contribution in [0.2, 0.25) is 0 Å². The lowest BCUT2D eigenvalue weighted by Crippen LogP contribution is -2.43. The highest BCUT2D eigenvalue weighted by atomic mass is 19.1. The van der Waals surface area contributed by atoms with Gasteiger partial charge in [-0.05, 0) is 36.6 Å². The molecular weight excluding hydrogens is 325 g/mol. The highest BCUT2D eigenvalue weighted by molar-refractivity contribution is 6.02. The summed E-state index contributed by atoms with van der Waals surface area (Å²) in [6.07, 6.45) is 2.71. The van der Waals surface area contributed by atoms with Crippen LogP contribution in [0.5, 0.6) is 0 Å². The van der Waals surface area contributed by atoms with Gasteiger partial charge in [-0.25, -0.2) is 4.39 Å². The molecule has 2 heterocycles. The van der Waals surface area contributed by atoms with Crippen molar-refractivity contribution in [3.05, 3.63) is 53.1 Å². The van der Waals surface area contributed by atoms with Gasteiger partial charge < -0.3 is 20.4 Å². The van der Waals surface area contributed by atoms with Gasteiger partial charge in [-0.2, -0.15) is 0 Å². The van der Waals surface area contributed by atoms with Crippen LogP contribution in [-0.2, 0) is 6.42 Å². The molecule has 7 heteroatoms. The van der Waals surface area contributed by atoms with Gasteiger partial charge in [0.15, 0.2) is 0 Å². The Labute approximate surface area is 144 Å². The summed E-state index contributed by atoms with van der Waals surface area (Å²) in [5, 5.41) is 21.6. The molecule has 0 aliphatic carbocycles. The molecule has 2 aromatic rings. The van der Waals surface area contributed by atoms with Crippen LogP contribution in [0, 0.1) is 12.7 Å². The first-order valence-corrected chi connectivity index (χ1v) is 8.08. The average Bonchev–Trinajstić information content (AvgIpc) is 2.59. The smallest absolute Gasteiger partial charge is 0.256 e. The van der Waals surface area contributed by atoms with E-state index in [-0.39, 0.29) is 18.1 Å². The van der Waals surface area contributed by atoms with Crippen molar-refractivity contribution >= 4 is 17.3 Å². The monoisotopic (exact) mass is 345 g/mol. The topological polar surface area (TPSA) is 85.7 Å². The van der Waals surface area contributed by atoms with Crippen molar-refractivity contribution in [1.29, 1.82) is 0 Å². The molecule has 1 aromatic carbocycles. The first kappa shape index (κ1) is 17.3. The van der Waals surface area contributed by atoms with Crippen molar-refractivity contribution in [3.8, 4) is 0 Å². The van der Waals surface area contributed by atoms with Gasteiger partial charge in [-0.15, -0.1) is 0 Å². The van der Waals surface area contributed by atoms with Crippen LogP contribution < -0.4 is 5.32 Å². The molecule has 3 rings (SSSR count). The van der Waals surface area contributed by atoms with Crippen LogP contribution in [0.25, 0.3) is 0 Å². The van der Waals surface area contributed by atoms with E-state index in [2.05, 4.69) is 10.3 Å². The van der Waals surface area contributed by atoms with Crippen molar-refractivity contribution < 1.29 is 19.4 Å². The van der Waals surface area contributed by atoms with Crippen LogP contribution in [0.3, 0.4) is 0 Å². The quantitative estimate of drug-likeness (QED) is 0.767. The summed E-state index contributed by atoms with van der Waals surface area (Å²) in [4.78, 5) is 18.4. The zero-order valence-corrected chi connectivity index (χ0v) is 13.9. The van der Waals surface area contributed by atoms with Crippen LogP contribution in [-0.4, -0.2) is 51.8 Å². The number of carbonyl (C=O) groups is 1. The zero-order valence-electron chi connectivity index (χ0n) is 13.9. The standard InChI is InChI=1S/C18H20FN3O3/c1-11-2-3-15(14(19)6-11)21-16-8-20-7-12-4-5-22(9-13(24)10-23)18(25)17(12)16/h2-3,6-8,13,21,23-24H,4-5,9-10H2,1H3/t13-/m1/s1. The molecule has 0 spiro atoms. The lowest BCUT2D eigenvalue weighted by molar-refractivity contribution is 0.0445. The number of fused-ring (bicyclic) bond motifs is 1. The first-order valence-electron chi connectivity index (χ1n) is 8.08. The minimum Gasteiger partial charge on any atom is -0.394 e. The Bertz CT molecular complexity index is 797. The molecule has 3 N–H and O–H groups in total. The Balaban J connectivity index is 1.92. The molecule has 0 bridgehead atoms. The Kier molecular flexibility index (Phi) is 4.96. The van der Waals surface area contributed by atoms with Crippen molar-refractivity contribution in [2.24, 2.45) is 0 Å². The van der Waals surface area contributed by atoms with E-state index in [1.807, 2.05) is 0 Å². The second-order valence-electron chi connectivity index (χ2n) is 6.17. The number of aliphatic hydroxyl groups excluding tert-OH is 2. The van der Waals surface area contributed by atoms with E-state index in [1.54, 1.807) is 25.3 Å². The number of β-amino-alcohol motifs (C(OH)–C–C–N with tert-alkyl or cyclic N) is 1. The molecule has 0 unspecified atom stereocenters. The van der Waals surface area contributed by atoms with E-state index in [0.717, 1.165) is 11.1 Å². The molecule has 1 aliphatic heterocycles. The first-order chi connectivity index (χ1) is 12.0. The number of nitrogens with zero attached hydrogens (tertiary/aromatic N) is 2. The van der Waals surface area contributed by atoms with Crippen molar-refractivity contribution in [1.82, 2.24) is 9.88 Å². The summed E-state index contributed by atoms with van der Waals surface area (Å²) in [6, 6.07) is 4.81. The van der Waals surface area contributed by atoms with Gasteiger partial charge in [0.25, 0.3) is 5.91 Å². The van der Waals surface area contributed by atoms with Gasteiger partial charge in [-0.1, -0.05) is 6.07 Å². The van der Waals surface area contributed by atoms with Crippen LogP contribution >= 0.6 is 0 Å². The maximum atomic E-state index is 14.1. The third kappa shape index (κ3) is 3.62. The molecular formula is C18H20FN3O3. The second-order valence-corrected chi connectivity index (χ2v) is 6.17. The van der Waals surface area contributed by atoms with E-state index < -0.39 is 18.5 Å². The average molecular weight is 345 g/mol. The minimum atomic E-state index is -0.988. The van der Waals surface area contributed by atoms with Crippen molar-refractivity contribution in [2.75, 3.05) is 25.0 Å². The normalized spacial score (nSPS) is 15.0. The Morgan fingerprint density at radius 2 is 2.16 bits per heavy atom. The molecule has 0 saturated carbocycles. The fraction of sp³-hybridized carbons (Fsp3) is 0.333. The largest absolute Gasteiger partial charge is 0.394 e. The summed E-state index contributed by atoms with van der Waals surface area (Å²) >= 11 is 0. The van der Waals surface area contributed by atoms with Crippen LogP contribution in [0.1, 0.15) is 21.5 Å². The maximum absolute atomic E-state index is 14.1. The number of aromatic nitrogens is 1. The number of rotatable bonds is 5. The summed E-state index contributed by atoms with van der Waals surface area (Å²) in [6.45, 7) is 1.88. The number of halogens is 1. The predicted octanol–water partition coefficient (Wildman–Crippen LogP) is 1.62. The molecule has 132 valence electrons. The van der Waals surface area contributed by atoms with Gasteiger partial charge in [0.2, 0.25) is 0 Å². The van der Waals surface area contributed by atoms with E-state index in [9.17, 15) is 14.3 Å². The number of aliphatic hydroxyl groups is 2. The highest BCUT2D eigenvalue weighted by Gasteiger charge is 2.28. The van der Waals surface area contributed by atoms with Crippen LogP contribution in [0.4, 0.5) is 15.8 Å². The minimum absolute atomic E-state index is 0.0510. The van der Waals surface area contributed by atoms with E-state index in [0.29, 0.717) is 24.2 Å². The maximum Gasteiger partial charge on any atom is 0.256 e. The predicted molar refractivity (Wildman–Crippen MR) is 91.4 cm³/mol. The van der Waals surface area contributed by atoms with Gasteiger partial charge in [0, 0.05) is 19.3 Å². The number of aryl methyl sites for hydroxylation is 1. The van der Waals surface area contributed by atoms with Crippen LogP contribution in [0.15, 0.2) is 30.6 Å². The molecule has 25 heavy (non-hydrogen) atoms. The van der Waals surface area contributed by atoms with Gasteiger partial charge in [0.05, 0.1) is 35.8 Å². The van der Waals surface area contributed by atoms with Crippen molar-refractivity contribution in [2.45, 2.75) is 19.4 Å². The second kappa shape index (κ2) is 7.16. The fourth-order valence-corrected chi connectivity index (χ4v) is 2.91. The number of amides is 1. The molecule has 0 saturated heterocycles. The van der Waals surface area contributed by atoms with E-state index in [4.69, 9.17) is 5.11 Å². The third-order valence-electron chi connectivity index (χ3n) is 4.21. The third-order valence-corrected chi connectivity index (χ3v) is 4.21. The Hall–Kier alpha value is -2.51. The fourth-order valence-electron chi connectivity index (χ4n) is 2.91. The number of nitrogens with one attached hydrogen (secondary N) is 1. The number of anilines is 2. The van der Waals surface area contributed by atoms with E-state index in [1.165, 1.54) is 17.2 Å². The Morgan fingerprint density at radius 1 is 1.36 bits per heavy atom. The molecule has 1 aromatic heterocycles. The molecule has 6 nitrogen and oxygen atoms in total. The number of hydrogen-bond acceptors (Lipinski definition) is 5. The summed E-state index contributed by atoms with van der Waals surface area (Å²) in [5.74, 6) is -0.681. The lowest BCUT2D eigenvalue weighted by Gasteiger charge is -2.31. The summed E-state index contributed by atoms with van der Waals surface area (Å²) in [5.41, 5.74) is 2.69. The van der Waals surface area contributed by atoms with Gasteiger partial charge >= 0.3 is 0 Å². The summed E-state index contributed by atoms with van der Waals surface area (Å²) in [7, 11) is 0. The number of pyridine rings is 1. The van der Waals surface area contributed by atoms with E-state index >= 15 is 0 Å². The molecule has 0 fully saturated rings. The SMILES string of the molecule is Cc1ccc(Nc2cncc3c2C(=O)N(C[C@@H](O)CO)CC3)c(F)c1. The molecule has 0 radical (unpaired) electrons. The lowest BCUT2D eigenvalue weighted by atomic mass is 9.99. The number of hydrogen-bond donors (Lipinski definition) is 3. The molecule has 1 amide bonds. The van der Waals surface area contributed by atoms with Gasteiger partial charge in [-0.3, -0.25) is 9.78 Å². The Morgan fingerprint density at radius 3 is 2.88 bits per heavy atom. The highest BCUT2D eigenvalue weighted by Crippen LogP contribution is 2.29. The molecule has 1 aliphatic rings. The number of carbonyl (C=O) groups excluding carboxylic acids is 1. The zero-order chi connectivity index (χ0) is 18.0. The number of benzene rings is 1. The molecule has 1 atom stereocenters.